The molecule has 0 aromatic heterocycles. The van der Waals surface area contributed by atoms with E-state index in [1.54, 1.807) is 0 Å². The zero-order valence-electron chi connectivity index (χ0n) is 12.5. The molecular weight excluding hydrogens is 208 g/mol. The summed E-state index contributed by atoms with van der Waals surface area (Å²) in [5.41, 5.74) is 0. The van der Waals surface area contributed by atoms with E-state index in [1.807, 2.05) is 0 Å². The second-order valence-electron chi connectivity index (χ2n) is 6.25. The van der Waals surface area contributed by atoms with Crippen LogP contribution in [-0.2, 0) is 0 Å². The standard InChI is InChI=1S/C15H32N2/c1-6-9-16-11-14-7-8-15(14)17(5)13(4)10-12(2)3/h12-16H,6-11H2,1-5H3. The third-order valence-corrected chi connectivity index (χ3v) is 4.24. The van der Waals surface area contributed by atoms with Crippen LogP contribution in [0.5, 0.6) is 0 Å². The topological polar surface area (TPSA) is 15.3 Å². The summed E-state index contributed by atoms with van der Waals surface area (Å²) in [6.07, 6.45) is 5.39. The minimum atomic E-state index is 0.731. The van der Waals surface area contributed by atoms with Crippen LogP contribution in [-0.4, -0.2) is 37.1 Å². The first-order valence-electron chi connectivity index (χ1n) is 7.48. The van der Waals surface area contributed by atoms with Crippen LogP contribution in [0.1, 0.15) is 53.4 Å². The van der Waals surface area contributed by atoms with Gasteiger partial charge < -0.3 is 10.2 Å². The third-order valence-electron chi connectivity index (χ3n) is 4.24. The molecule has 1 aliphatic carbocycles. The van der Waals surface area contributed by atoms with Crippen molar-refractivity contribution in [1.29, 1.82) is 0 Å². The lowest BCUT2D eigenvalue weighted by Gasteiger charge is -2.46. The second-order valence-corrected chi connectivity index (χ2v) is 6.25. The van der Waals surface area contributed by atoms with Crippen LogP contribution in [0.2, 0.25) is 0 Å². The molecule has 1 aliphatic rings. The minimum Gasteiger partial charge on any atom is -0.316 e. The van der Waals surface area contributed by atoms with E-state index in [2.05, 4.69) is 45.0 Å². The van der Waals surface area contributed by atoms with Crippen molar-refractivity contribution in [3.63, 3.8) is 0 Å². The lowest BCUT2D eigenvalue weighted by atomic mass is 9.77. The van der Waals surface area contributed by atoms with Gasteiger partial charge in [-0.2, -0.15) is 0 Å². The Labute approximate surface area is 108 Å². The van der Waals surface area contributed by atoms with E-state index in [0.29, 0.717) is 0 Å². The second kappa shape index (κ2) is 7.38. The summed E-state index contributed by atoms with van der Waals surface area (Å²) in [7, 11) is 2.32. The molecule has 0 aromatic rings. The first-order valence-corrected chi connectivity index (χ1v) is 7.48. The highest BCUT2D eigenvalue weighted by atomic mass is 15.2. The van der Waals surface area contributed by atoms with Crippen molar-refractivity contribution < 1.29 is 0 Å². The van der Waals surface area contributed by atoms with Crippen LogP contribution in [0.3, 0.4) is 0 Å². The summed E-state index contributed by atoms with van der Waals surface area (Å²) in [4.78, 5) is 2.63. The van der Waals surface area contributed by atoms with Gasteiger partial charge in [0.1, 0.15) is 0 Å². The SMILES string of the molecule is CCCNCC1CCC1N(C)C(C)CC(C)C. The smallest absolute Gasteiger partial charge is 0.0135 e. The molecule has 1 saturated carbocycles. The van der Waals surface area contributed by atoms with E-state index < -0.39 is 0 Å². The van der Waals surface area contributed by atoms with E-state index in [-0.39, 0.29) is 0 Å². The summed E-state index contributed by atoms with van der Waals surface area (Å²) >= 11 is 0. The fourth-order valence-corrected chi connectivity index (χ4v) is 2.97. The Balaban J connectivity index is 2.28. The molecule has 0 radical (unpaired) electrons. The largest absolute Gasteiger partial charge is 0.316 e. The van der Waals surface area contributed by atoms with Crippen molar-refractivity contribution in [2.75, 3.05) is 20.1 Å². The molecule has 0 saturated heterocycles. The molecule has 1 fully saturated rings. The molecule has 0 aromatic carbocycles. The van der Waals surface area contributed by atoms with E-state index in [9.17, 15) is 0 Å². The summed E-state index contributed by atoms with van der Waals surface area (Å²) < 4.78 is 0. The van der Waals surface area contributed by atoms with Gasteiger partial charge in [0.25, 0.3) is 0 Å². The van der Waals surface area contributed by atoms with Gasteiger partial charge in [0.2, 0.25) is 0 Å². The Morgan fingerprint density at radius 3 is 2.41 bits per heavy atom. The first-order chi connectivity index (χ1) is 8.06. The highest BCUT2D eigenvalue weighted by Gasteiger charge is 2.35. The summed E-state index contributed by atoms with van der Waals surface area (Å²) in [6, 6.07) is 1.56. The molecule has 2 nitrogen and oxygen atoms in total. The molecule has 0 aliphatic heterocycles. The summed E-state index contributed by atoms with van der Waals surface area (Å²) in [6.45, 7) is 11.7. The van der Waals surface area contributed by atoms with Crippen molar-refractivity contribution in [2.45, 2.75) is 65.5 Å². The molecule has 0 bridgehead atoms. The van der Waals surface area contributed by atoms with Gasteiger partial charge in [-0.05, 0) is 64.6 Å². The van der Waals surface area contributed by atoms with Gasteiger partial charge in [0, 0.05) is 12.1 Å². The third kappa shape index (κ3) is 4.59. The van der Waals surface area contributed by atoms with Gasteiger partial charge in [-0.1, -0.05) is 20.8 Å². The average molecular weight is 240 g/mol. The van der Waals surface area contributed by atoms with Crippen molar-refractivity contribution in [3.8, 4) is 0 Å². The van der Waals surface area contributed by atoms with E-state index in [0.717, 1.165) is 23.9 Å². The van der Waals surface area contributed by atoms with Gasteiger partial charge in [-0.15, -0.1) is 0 Å². The fraction of sp³-hybridized carbons (Fsp3) is 1.00. The van der Waals surface area contributed by atoms with Crippen LogP contribution in [0.15, 0.2) is 0 Å². The lowest BCUT2D eigenvalue weighted by Crippen LogP contribution is -2.52. The fourth-order valence-electron chi connectivity index (χ4n) is 2.97. The molecule has 17 heavy (non-hydrogen) atoms. The molecule has 0 heterocycles. The highest BCUT2D eigenvalue weighted by Crippen LogP contribution is 2.32. The summed E-state index contributed by atoms with van der Waals surface area (Å²) in [5.74, 6) is 1.70. The van der Waals surface area contributed by atoms with Gasteiger partial charge in [-0.3, -0.25) is 0 Å². The predicted molar refractivity (Wildman–Crippen MR) is 76.4 cm³/mol. The number of nitrogens with one attached hydrogen (secondary N) is 1. The molecule has 1 N–H and O–H groups in total. The number of hydrogen-bond acceptors (Lipinski definition) is 2. The van der Waals surface area contributed by atoms with Gasteiger partial charge in [-0.25, -0.2) is 0 Å². The number of rotatable bonds is 8. The van der Waals surface area contributed by atoms with E-state index in [1.165, 1.54) is 38.8 Å². The van der Waals surface area contributed by atoms with Crippen LogP contribution in [0.25, 0.3) is 0 Å². The molecule has 3 atom stereocenters. The van der Waals surface area contributed by atoms with Crippen molar-refractivity contribution in [2.24, 2.45) is 11.8 Å². The maximum Gasteiger partial charge on any atom is 0.0135 e. The average Bonchev–Trinajstić information content (AvgIpc) is 2.21. The Morgan fingerprint density at radius 2 is 1.94 bits per heavy atom. The molecular formula is C15H32N2. The van der Waals surface area contributed by atoms with E-state index in [4.69, 9.17) is 0 Å². The number of hydrogen-bond donors (Lipinski definition) is 1. The lowest BCUT2D eigenvalue weighted by molar-refractivity contribution is 0.0486. The Bertz CT molecular complexity index is 203. The van der Waals surface area contributed by atoms with Crippen molar-refractivity contribution >= 4 is 0 Å². The normalized spacial score (nSPS) is 26.3. The number of nitrogens with zero attached hydrogens (tertiary/aromatic N) is 1. The zero-order chi connectivity index (χ0) is 12.8. The maximum absolute atomic E-state index is 3.57. The van der Waals surface area contributed by atoms with Crippen molar-refractivity contribution in [3.05, 3.63) is 0 Å². The quantitative estimate of drug-likeness (QED) is 0.656. The highest BCUT2D eigenvalue weighted by molar-refractivity contribution is 4.90. The Hall–Kier alpha value is -0.0800. The molecule has 0 amide bonds. The van der Waals surface area contributed by atoms with Gasteiger partial charge in [0.05, 0.1) is 0 Å². The van der Waals surface area contributed by atoms with Crippen LogP contribution < -0.4 is 5.32 Å². The van der Waals surface area contributed by atoms with E-state index >= 15 is 0 Å². The molecule has 102 valence electrons. The minimum absolute atomic E-state index is 0.731. The Morgan fingerprint density at radius 1 is 1.24 bits per heavy atom. The molecule has 1 rings (SSSR count). The van der Waals surface area contributed by atoms with Gasteiger partial charge in [0.15, 0.2) is 0 Å². The van der Waals surface area contributed by atoms with Gasteiger partial charge >= 0.3 is 0 Å². The first kappa shape index (κ1) is 15.0. The zero-order valence-corrected chi connectivity index (χ0v) is 12.5. The summed E-state index contributed by atoms with van der Waals surface area (Å²) in [5, 5.41) is 3.57. The molecule has 0 spiro atoms. The molecule has 2 heteroatoms. The Kier molecular flexibility index (Phi) is 6.50. The van der Waals surface area contributed by atoms with Crippen LogP contribution in [0, 0.1) is 11.8 Å². The van der Waals surface area contributed by atoms with Crippen molar-refractivity contribution in [1.82, 2.24) is 10.2 Å². The predicted octanol–water partition coefficient (Wildman–Crippen LogP) is 3.13. The van der Waals surface area contributed by atoms with Crippen LogP contribution in [0.4, 0.5) is 0 Å². The van der Waals surface area contributed by atoms with Crippen LogP contribution >= 0.6 is 0 Å². The maximum atomic E-state index is 3.57. The monoisotopic (exact) mass is 240 g/mol. The molecule has 3 unspecified atom stereocenters.